The monoisotopic (exact) mass is 336 g/mol. The van der Waals surface area contributed by atoms with Crippen LogP contribution >= 0.6 is 0 Å². The molecule has 0 bridgehead atoms. The van der Waals surface area contributed by atoms with E-state index in [0.29, 0.717) is 0 Å². The molecule has 5 heteroatoms. The molecule has 1 atom stereocenters. The van der Waals surface area contributed by atoms with Gasteiger partial charge in [0, 0.05) is 24.7 Å². The number of rotatable bonds is 4. The molecule has 1 saturated carbocycles. The number of hydrogen-bond donors (Lipinski definition) is 1. The number of carbonyl (C=O) groups excluding carboxylic acids is 1. The van der Waals surface area contributed by atoms with Crippen LogP contribution in [0.25, 0.3) is 0 Å². The van der Waals surface area contributed by atoms with Crippen molar-refractivity contribution < 1.29 is 13.6 Å². The Morgan fingerprint density at radius 1 is 1.08 bits per heavy atom. The van der Waals surface area contributed by atoms with E-state index in [9.17, 15) is 13.6 Å². The van der Waals surface area contributed by atoms with Crippen molar-refractivity contribution in [2.24, 2.45) is 5.92 Å². The average Bonchev–Trinajstić information content (AvgIpc) is 2.58. The van der Waals surface area contributed by atoms with Gasteiger partial charge >= 0.3 is 0 Å². The van der Waals surface area contributed by atoms with Crippen molar-refractivity contribution in [3.63, 3.8) is 0 Å². The van der Waals surface area contributed by atoms with E-state index >= 15 is 0 Å². The Balaban J connectivity index is 1.52. The van der Waals surface area contributed by atoms with Gasteiger partial charge in [0.15, 0.2) is 11.6 Å². The molecule has 2 fully saturated rings. The van der Waals surface area contributed by atoms with Crippen LogP contribution in [0.2, 0.25) is 0 Å². The van der Waals surface area contributed by atoms with E-state index in [0.717, 1.165) is 50.5 Å². The second kappa shape index (κ2) is 8.06. The molecule has 1 saturated heterocycles. The molecule has 3 nitrogen and oxygen atoms in total. The molecule has 1 N–H and O–H groups in total. The van der Waals surface area contributed by atoms with Crippen molar-refractivity contribution in [1.82, 2.24) is 10.2 Å². The van der Waals surface area contributed by atoms with Crippen LogP contribution in [-0.2, 0) is 0 Å². The summed E-state index contributed by atoms with van der Waals surface area (Å²) in [5.74, 6) is -1.44. The number of nitrogens with one attached hydrogen (secondary N) is 1. The Bertz CT molecular complexity index is 572. The first-order chi connectivity index (χ1) is 11.6. The van der Waals surface area contributed by atoms with Gasteiger partial charge in [-0.15, -0.1) is 0 Å². The molecular weight excluding hydrogens is 310 g/mol. The zero-order valence-electron chi connectivity index (χ0n) is 14.1. The summed E-state index contributed by atoms with van der Waals surface area (Å²) in [4.78, 5) is 14.7. The third kappa shape index (κ3) is 4.53. The second-order valence-electron chi connectivity index (χ2n) is 7.21. The average molecular weight is 336 g/mol. The molecule has 132 valence electrons. The van der Waals surface area contributed by atoms with Gasteiger partial charge in [0.2, 0.25) is 0 Å². The molecule has 1 heterocycles. The summed E-state index contributed by atoms with van der Waals surface area (Å²) in [6.07, 6.45) is 8.70. The number of piperidine rings is 1. The standard InChI is InChI=1S/C19H26F2N2O/c20-17-9-8-15(11-18(17)21)19(24)22-16-7-4-10-23(13-16)12-14-5-2-1-3-6-14/h8-9,11,14,16H,1-7,10,12-13H2,(H,22,24). The van der Waals surface area contributed by atoms with Crippen molar-refractivity contribution in [1.29, 1.82) is 0 Å². The summed E-state index contributed by atoms with van der Waals surface area (Å²) >= 11 is 0. The molecule has 1 aromatic rings. The Morgan fingerprint density at radius 2 is 1.88 bits per heavy atom. The van der Waals surface area contributed by atoms with Crippen molar-refractivity contribution in [3.05, 3.63) is 35.4 Å². The number of amides is 1. The van der Waals surface area contributed by atoms with E-state index in [2.05, 4.69) is 10.2 Å². The molecule has 0 spiro atoms. The van der Waals surface area contributed by atoms with Crippen LogP contribution in [0.1, 0.15) is 55.3 Å². The van der Waals surface area contributed by atoms with Crippen molar-refractivity contribution in [3.8, 4) is 0 Å². The van der Waals surface area contributed by atoms with Gasteiger partial charge < -0.3 is 10.2 Å². The highest BCUT2D eigenvalue weighted by Crippen LogP contribution is 2.25. The van der Waals surface area contributed by atoms with Gasteiger partial charge in [-0.1, -0.05) is 19.3 Å². The number of benzene rings is 1. The third-order valence-corrected chi connectivity index (χ3v) is 5.26. The van der Waals surface area contributed by atoms with Gasteiger partial charge in [-0.2, -0.15) is 0 Å². The smallest absolute Gasteiger partial charge is 0.251 e. The lowest BCUT2D eigenvalue weighted by Crippen LogP contribution is -2.49. The lowest BCUT2D eigenvalue weighted by molar-refractivity contribution is 0.0889. The molecule has 1 aliphatic carbocycles. The Labute approximate surface area is 142 Å². The minimum Gasteiger partial charge on any atom is -0.348 e. The Kier molecular flexibility index (Phi) is 5.82. The van der Waals surface area contributed by atoms with E-state index in [1.807, 2.05) is 0 Å². The maximum atomic E-state index is 13.3. The summed E-state index contributed by atoms with van der Waals surface area (Å²) < 4.78 is 26.3. The summed E-state index contributed by atoms with van der Waals surface area (Å²) in [5, 5.41) is 2.98. The first-order valence-electron chi connectivity index (χ1n) is 9.10. The molecule has 2 aliphatic rings. The van der Waals surface area contributed by atoms with Crippen LogP contribution in [0.15, 0.2) is 18.2 Å². The van der Waals surface area contributed by atoms with Crippen LogP contribution < -0.4 is 5.32 Å². The minimum atomic E-state index is -0.981. The van der Waals surface area contributed by atoms with Crippen LogP contribution in [0.5, 0.6) is 0 Å². The predicted octanol–water partition coefficient (Wildman–Crippen LogP) is 3.74. The highest BCUT2D eigenvalue weighted by molar-refractivity contribution is 5.94. The summed E-state index contributed by atoms with van der Waals surface area (Å²) in [5.41, 5.74) is 0.179. The topological polar surface area (TPSA) is 32.3 Å². The summed E-state index contributed by atoms with van der Waals surface area (Å²) in [7, 11) is 0. The number of hydrogen-bond acceptors (Lipinski definition) is 2. The highest BCUT2D eigenvalue weighted by Gasteiger charge is 2.24. The quantitative estimate of drug-likeness (QED) is 0.908. The molecule has 0 radical (unpaired) electrons. The first-order valence-corrected chi connectivity index (χ1v) is 9.10. The fraction of sp³-hybridized carbons (Fsp3) is 0.632. The largest absolute Gasteiger partial charge is 0.348 e. The summed E-state index contributed by atoms with van der Waals surface area (Å²) in [6.45, 7) is 3.07. The molecule has 24 heavy (non-hydrogen) atoms. The van der Waals surface area contributed by atoms with Crippen molar-refractivity contribution in [2.75, 3.05) is 19.6 Å². The predicted molar refractivity (Wildman–Crippen MR) is 89.9 cm³/mol. The van der Waals surface area contributed by atoms with Crippen molar-refractivity contribution >= 4 is 5.91 Å². The zero-order chi connectivity index (χ0) is 16.9. The molecule has 1 unspecified atom stereocenters. The van der Waals surface area contributed by atoms with Gasteiger partial charge in [-0.05, 0) is 56.3 Å². The molecular formula is C19H26F2N2O. The van der Waals surface area contributed by atoms with E-state index in [4.69, 9.17) is 0 Å². The zero-order valence-corrected chi connectivity index (χ0v) is 14.1. The van der Waals surface area contributed by atoms with Crippen molar-refractivity contribution in [2.45, 2.75) is 51.0 Å². The van der Waals surface area contributed by atoms with Gasteiger partial charge in [0.25, 0.3) is 5.91 Å². The molecule has 3 rings (SSSR count). The van der Waals surface area contributed by atoms with Gasteiger partial charge in [-0.3, -0.25) is 4.79 Å². The summed E-state index contributed by atoms with van der Waals surface area (Å²) in [6, 6.07) is 3.38. The minimum absolute atomic E-state index is 0.0861. The number of likely N-dealkylation sites (tertiary alicyclic amines) is 1. The normalized spacial score (nSPS) is 23.2. The molecule has 1 aromatic carbocycles. The lowest BCUT2D eigenvalue weighted by Gasteiger charge is -2.36. The maximum Gasteiger partial charge on any atom is 0.251 e. The van der Waals surface area contributed by atoms with E-state index < -0.39 is 11.6 Å². The molecule has 1 amide bonds. The fourth-order valence-corrected chi connectivity index (χ4v) is 3.98. The Hall–Kier alpha value is -1.49. The first kappa shape index (κ1) is 17.3. The lowest BCUT2D eigenvalue weighted by atomic mass is 9.88. The van der Waals surface area contributed by atoms with Crippen LogP contribution in [0, 0.1) is 17.6 Å². The SMILES string of the molecule is O=C(NC1CCCN(CC2CCCCC2)C1)c1ccc(F)c(F)c1. The number of carbonyl (C=O) groups is 1. The van der Waals surface area contributed by atoms with Crippen LogP contribution in [0.4, 0.5) is 8.78 Å². The van der Waals surface area contributed by atoms with E-state index in [1.165, 1.54) is 38.2 Å². The maximum absolute atomic E-state index is 13.3. The molecule has 1 aliphatic heterocycles. The fourth-order valence-electron chi connectivity index (χ4n) is 3.98. The van der Waals surface area contributed by atoms with Crippen LogP contribution in [0.3, 0.4) is 0 Å². The van der Waals surface area contributed by atoms with Gasteiger partial charge in [-0.25, -0.2) is 8.78 Å². The van der Waals surface area contributed by atoms with E-state index in [1.54, 1.807) is 0 Å². The second-order valence-corrected chi connectivity index (χ2v) is 7.21. The van der Waals surface area contributed by atoms with E-state index in [-0.39, 0.29) is 17.5 Å². The Morgan fingerprint density at radius 3 is 2.62 bits per heavy atom. The molecule has 0 aromatic heterocycles. The number of halogens is 2. The van der Waals surface area contributed by atoms with Gasteiger partial charge in [0.1, 0.15) is 0 Å². The highest BCUT2D eigenvalue weighted by atomic mass is 19.2. The van der Waals surface area contributed by atoms with Crippen LogP contribution in [-0.4, -0.2) is 36.5 Å². The number of nitrogens with zero attached hydrogens (tertiary/aromatic N) is 1. The third-order valence-electron chi connectivity index (χ3n) is 5.26. The van der Waals surface area contributed by atoms with Gasteiger partial charge in [0.05, 0.1) is 0 Å².